The molecule has 0 aliphatic heterocycles. The zero-order chi connectivity index (χ0) is 9.84. The van der Waals surface area contributed by atoms with Gasteiger partial charge in [-0.15, -0.1) is 0 Å². The van der Waals surface area contributed by atoms with Gasteiger partial charge in [0.25, 0.3) is 0 Å². The molecular formula is C13H19. The van der Waals surface area contributed by atoms with E-state index in [1.807, 2.05) is 0 Å². The number of rotatable bonds is 3. The molecule has 0 bridgehead atoms. The molecule has 71 valence electrons. The van der Waals surface area contributed by atoms with Gasteiger partial charge in [0.05, 0.1) is 0 Å². The van der Waals surface area contributed by atoms with Gasteiger partial charge < -0.3 is 0 Å². The summed E-state index contributed by atoms with van der Waals surface area (Å²) in [4.78, 5) is 0. The molecule has 0 amide bonds. The Bertz CT molecular complexity index is 260. The molecule has 0 aromatic heterocycles. The first-order valence-electron chi connectivity index (χ1n) is 5.08. The Morgan fingerprint density at radius 3 is 2.15 bits per heavy atom. The van der Waals surface area contributed by atoms with E-state index in [0.29, 0.717) is 11.8 Å². The molecule has 0 heterocycles. The van der Waals surface area contributed by atoms with E-state index in [1.165, 1.54) is 11.1 Å². The average Bonchev–Trinajstić information content (AvgIpc) is 2.16. The second-order valence-electron chi connectivity index (χ2n) is 3.89. The third kappa shape index (κ3) is 2.33. The van der Waals surface area contributed by atoms with E-state index in [4.69, 9.17) is 0 Å². The Hall–Kier alpha value is -0.780. The molecule has 1 radical (unpaired) electrons. The molecule has 1 aromatic rings. The fourth-order valence-electron chi connectivity index (χ4n) is 1.63. The molecule has 0 spiro atoms. The van der Waals surface area contributed by atoms with Crippen LogP contribution in [0.2, 0.25) is 0 Å². The summed E-state index contributed by atoms with van der Waals surface area (Å²) in [5.41, 5.74) is 2.87. The molecule has 0 saturated heterocycles. The van der Waals surface area contributed by atoms with E-state index < -0.39 is 0 Å². The van der Waals surface area contributed by atoms with Gasteiger partial charge in [-0.3, -0.25) is 0 Å². The fraction of sp³-hybridized carbons (Fsp3) is 0.462. The summed E-state index contributed by atoms with van der Waals surface area (Å²) < 4.78 is 0. The molecule has 0 nitrogen and oxygen atoms in total. The Balaban J connectivity index is 3.04. The van der Waals surface area contributed by atoms with Crippen molar-refractivity contribution in [1.29, 1.82) is 0 Å². The second-order valence-corrected chi connectivity index (χ2v) is 3.89. The van der Waals surface area contributed by atoms with Crippen LogP contribution in [0.1, 0.15) is 50.2 Å². The minimum Gasteiger partial charge on any atom is -0.0648 e. The molecule has 1 atom stereocenters. The molecule has 0 fully saturated rings. The average molecular weight is 175 g/mol. The van der Waals surface area contributed by atoms with Crippen molar-refractivity contribution in [2.45, 2.75) is 39.0 Å². The summed E-state index contributed by atoms with van der Waals surface area (Å²) in [6, 6.07) is 8.64. The second kappa shape index (κ2) is 4.45. The van der Waals surface area contributed by atoms with Crippen molar-refractivity contribution in [3.8, 4) is 0 Å². The highest BCUT2D eigenvalue weighted by atomic mass is 14.1. The lowest BCUT2D eigenvalue weighted by Gasteiger charge is -2.16. The first kappa shape index (κ1) is 10.3. The molecule has 0 N–H and O–H groups in total. The zero-order valence-electron chi connectivity index (χ0n) is 8.88. The summed E-state index contributed by atoms with van der Waals surface area (Å²) in [6.45, 7) is 10.8. The summed E-state index contributed by atoms with van der Waals surface area (Å²) in [5, 5.41) is 0. The van der Waals surface area contributed by atoms with Gasteiger partial charge in [-0.25, -0.2) is 0 Å². The quantitative estimate of drug-likeness (QED) is 0.647. The predicted molar refractivity (Wildman–Crippen MR) is 58.9 cm³/mol. The molecule has 1 aromatic carbocycles. The summed E-state index contributed by atoms with van der Waals surface area (Å²) >= 11 is 0. The highest BCUT2D eigenvalue weighted by Crippen LogP contribution is 2.27. The monoisotopic (exact) mass is 175 g/mol. The van der Waals surface area contributed by atoms with Crippen LogP contribution in [0.4, 0.5) is 0 Å². The van der Waals surface area contributed by atoms with Gasteiger partial charge in [-0.05, 0) is 36.3 Å². The van der Waals surface area contributed by atoms with Crippen molar-refractivity contribution in [3.05, 3.63) is 42.3 Å². The van der Waals surface area contributed by atoms with Crippen molar-refractivity contribution in [2.24, 2.45) is 0 Å². The zero-order valence-corrected chi connectivity index (χ0v) is 8.88. The SMILES string of the molecule is [CH2]C(CC)c1ccccc1C(C)C. The Morgan fingerprint density at radius 2 is 1.69 bits per heavy atom. The van der Waals surface area contributed by atoms with Crippen LogP contribution < -0.4 is 0 Å². The maximum atomic E-state index is 4.17. The summed E-state index contributed by atoms with van der Waals surface area (Å²) in [5.74, 6) is 1.05. The van der Waals surface area contributed by atoms with Crippen molar-refractivity contribution in [2.75, 3.05) is 0 Å². The maximum Gasteiger partial charge on any atom is -0.0162 e. The third-order valence-electron chi connectivity index (χ3n) is 2.55. The van der Waals surface area contributed by atoms with E-state index in [0.717, 1.165) is 6.42 Å². The van der Waals surface area contributed by atoms with Gasteiger partial charge >= 0.3 is 0 Å². The number of benzene rings is 1. The standard InChI is InChI=1S/C13H19/c1-5-11(4)13-9-7-6-8-12(13)10(2)3/h6-11H,4-5H2,1-3H3. The van der Waals surface area contributed by atoms with E-state index in [1.54, 1.807) is 0 Å². The third-order valence-corrected chi connectivity index (χ3v) is 2.55. The Kier molecular flexibility index (Phi) is 3.53. The smallest absolute Gasteiger partial charge is 0.0162 e. The first-order chi connectivity index (χ1) is 6.16. The molecular weight excluding hydrogens is 156 g/mol. The van der Waals surface area contributed by atoms with Crippen LogP contribution in [0, 0.1) is 6.92 Å². The van der Waals surface area contributed by atoms with E-state index in [9.17, 15) is 0 Å². The Morgan fingerprint density at radius 1 is 1.15 bits per heavy atom. The lowest BCUT2D eigenvalue weighted by molar-refractivity contribution is 0.760. The van der Waals surface area contributed by atoms with Crippen molar-refractivity contribution >= 4 is 0 Å². The van der Waals surface area contributed by atoms with Gasteiger partial charge in [0, 0.05) is 0 Å². The minimum absolute atomic E-state index is 0.443. The lowest BCUT2D eigenvalue weighted by Crippen LogP contribution is -1.99. The molecule has 0 aliphatic carbocycles. The van der Waals surface area contributed by atoms with Gasteiger partial charge in [-0.1, -0.05) is 45.0 Å². The number of hydrogen-bond donors (Lipinski definition) is 0. The largest absolute Gasteiger partial charge is 0.0648 e. The number of hydrogen-bond acceptors (Lipinski definition) is 0. The van der Waals surface area contributed by atoms with Crippen molar-refractivity contribution < 1.29 is 0 Å². The van der Waals surface area contributed by atoms with Crippen molar-refractivity contribution in [1.82, 2.24) is 0 Å². The van der Waals surface area contributed by atoms with E-state index >= 15 is 0 Å². The molecule has 0 aliphatic rings. The van der Waals surface area contributed by atoms with Gasteiger partial charge in [0.15, 0.2) is 0 Å². The van der Waals surface area contributed by atoms with Crippen LogP contribution in [-0.4, -0.2) is 0 Å². The van der Waals surface area contributed by atoms with Gasteiger partial charge in [0.1, 0.15) is 0 Å². The fourth-order valence-corrected chi connectivity index (χ4v) is 1.63. The maximum absolute atomic E-state index is 4.17. The summed E-state index contributed by atoms with van der Waals surface area (Å²) in [7, 11) is 0. The lowest BCUT2D eigenvalue weighted by atomic mass is 9.89. The summed E-state index contributed by atoms with van der Waals surface area (Å²) in [6.07, 6.45) is 1.11. The molecule has 1 rings (SSSR count). The van der Waals surface area contributed by atoms with Crippen LogP contribution in [0.3, 0.4) is 0 Å². The van der Waals surface area contributed by atoms with Crippen LogP contribution >= 0.6 is 0 Å². The van der Waals surface area contributed by atoms with Crippen LogP contribution in [0.15, 0.2) is 24.3 Å². The van der Waals surface area contributed by atoms with Crippen molar-refractivity contribution in [3.63, 3.8) is 0 Å². The predicted octanol–water partition coefficient (Wildman–Crippen LogP) is 4.14. The molecule has 13 heavy (non-hydrogen) atoms. The van der Waals surface area contributed by atoms with Gasteiger partial charge in [-0.2, -0.15) is 0 Å². The van der Waals surface area contributed by atoms with E-state index in [-0.39, 0.29) is 0 Å². The van der Waals surface area contributed by atoms with E-state index in [2.05, 4.69) is 52.0 Å². The Labute approximate surface area is 82.0 Å². The van der Waals surface area contributed by atoms with Crippen LogP contribution in [0.5, 0.6) is 0 Å². The van der Waals surface area contributed by atoms with Crippen LogP contribution in [0.25, 0.3) is 0 Å². The van der Waals surface area contributed by atoms with Gasteiger partial charge in [0.2, 0.25) is 0 Å². The first-order valence-corrected chi connectivity index (χ1v) is 5.08. The molecule has 1 unspecified atom stereocenters. The topological polar surface area (TPSA) is 0 Å². The molecule has 0 heteroatoms. The highest BCUT2D eigenvalue weighted by molar-refractivity contribution is 5.33. The highest BCUT2D eigenvalue weighted by Gasteiger charge is 2.10. The minimum atomic E-state index is 0.443. The van der Waals surface area contributed by atoms with Crippen LogP contribution in [-0.2, 0) is 0 Å². The molecule has 0 saturated carbocycles. The normalized spacial score (nSPS) is 13.3.